The second kappa shape index (κ2) is 9.76. The highest BCUT2D eigenvalue weighted by Gasteiger charge is 2.09. The lowest BCUT2D eigenvalue weighted by molar-refractivity contribution is 0.216. The number of aliphatic hydroxyl groups is 1. The van der Waals surface area contributed by atoms with Gasteiger partial charge in [-0.05, 0) is 66.6 Å². The van der Waals surface area contributed by atoms with Crippen molar-refractivity contribution < 1.29 is 9.84 Å². The molecule has 160 valence electrons. The predicted molar refractivity (Wildman–Crippen MR) is 128 cm³/mol. The van der Waals surface area contributed by atoms with Gasteiger partial charge in [-0.1, -0.05) is 36.9 Å². The van der Waals surface area contributed by atoms with Gasteiger partial charge in [0.2, 0.25) is 0 Å². The highest BCUT2D eigenvalue weighted by molar-refractivity contribution is 5.63. The minimum atomic E-state index is -0.701. The number of ether oxygens (including phenoxy) is 1. The summed E-state index contributed by atoms with van der Waals surface area (Å²) in [5, 5.41) is 16.7. The van der Waals surface area contributed by atoms with Crippen LogP contribution in [0, 0.1) is 0 Å². The van der Waals surface area contributed by atoms with E-state index in [2.05, 4.69) is 27.2 Å². The first-order chi connectivity index (χ1) is 15.6. The van der Waals surface area contributed by atoms with E-state index in [4.69, 9.17) is 4.74 Å². The van der Waals surface area contributed by atoms with E-state index >= 15 is 0 Å². The topological polar surface area (TPSA) is 79.3 Å². The Hall–Kier alpha value is -4.16. The van der Waals surface area contributed by atoms with Crippen LogP contribution in [0.2, 0.25) is 0 Å². The van der Waals surface area contributed by atoms with Crippen LogP contribution in [0.1, 0.15) is 18.6 Å². The predicted octanol–water partition coefficient (Wildman–Crippen LogP) is 6.37. The molecule has 0 amide bonds. The first kappa shape index (κ1) is 21.1. The van der Waals surface area contributed by atoms with E-state index < -0.39 is 6.10 Å². The summed E-state index contributed by atoms with van der Waals surface area (Å²) in [5.74, 6) is 2.83. The molecular formula is C26H24N4O2. The fourth-order valence-electron chi connectivity index (χ4n) is 3.09. The number of anilines is 4. The van der Waals surface area contributed by atoms with Crippen LogP contribution in [0.4, 0.5) is 23.0 Å². The Morgan fingerprint density at radius 3 is 2.16 bits per heavy atom. The van der Waals surface area contributed by atoms with Crippen molar-refractivity contribution in [3.05, 3.63) is 109 Å². The van der Waals surface area contributed by atoms with Crippen LogP contribution in [0.25, 0.3) is 0 Å². The summed E-state index contributed by atoms with van der Waals surface area (Å²) < 4.78 is 5.82. The molecule has 0 aliphatic heterocycles. The number of hydrogen-bond donors (Lipinski definition) is 3. The zero-order valence-electron chi connectivity index (χ0n) is 17.7. The van der Waals surface area contributed by atoms with Gasteiger partial charge in [0, 0.05) is 17.4 Å². The molecule has 4 aromatic rings. The van der Waals surface area contributed by atoms with Crippen molar-refractivity contribution in [3.63, 3.8) is 0 Å². The maximum Gasteiger partial charge on any atom is 0.135 e. The van der Waals surface area contributed by atoms with Crippen LogP contribution in [-0.2, 0) is 0 Å². The van der Waals surface area contributed by atoms with Gasteiger partial charge in [0.25, 0.3) is 0 Å². The third kappa shape index (κ3) is 5.50. The summed E-state index contributed by atoms with van der Waals surface area (Å²) in [6.45, 7) is 5.61. The molecule has 6 nitrogen and oxygen atoms in total. The monoisotopic (exact) mass is 424 g/mol. The fraction of sp³-hybridized carbons (Fsp3) is 0.0769. The average Bonchev–Trinajstić information content (AvgIpc) is 2.81. The lowest BCUT2D eigenvalue weighted by Crippen LogP contribution is -2.01. The van der Waals surface area contributed by atoms with Gasteiger partial charge in [-0.2, -0.15) is 0 Å². The van der Waals surface area contributed by atoms with Crippen LogP contribution in [0.5, 0.6) is 11.5 Å². The first-order valence-electron chi connectivity index (χ1n) is 10.2. The molecule has 0 aliphatic carbocycles. The number of rotatable bonds is 8. The van der Waals surface area contributed by atoms with Crippen molar-refractivity contribution in [1.29, 1.82) is 0 Å². The van der Waals surface area contributed by atoms with E-state index in [1.807, 2.05) is 84.9 Å². The fourth-order valence-corrected chi connectivity index (χ4v) is 3.09. The number of aliphatic hydroxyl groups excluding tert-OH is 1. The number of benzene rings is 3. The molecule has 0 aliphatic rings. The number of nitrogens with zero attached hydrogens (tertiary/aromatic N) is 2. The van der Waals surface area contributed by atoms with E-state index in [1.54, 1.807) is 6.92 Å². The molecule has 6 heteroatoms. The van der Waals surface area contributed by atoms with Gasteiger partial charge < -0.3 is 20.5 Å². The molecule has 1 unspecified atom stereocenters. The molecule has 0 spiro atoms. The zero-order valence-corrected chi connectivity index (χ0v) is 17.7. The second-order valence-corrected chi connectivity index (χ2v) is 7.35. The van der Waals surface area contributed by atoms with Gasteiger partial charge in [-0.25, -0.2) is 9.97 Å². The van der Waals surface area contributed by atoms with Crippen molar-refractivity contribution in [2.75, 3.05) is 10.6 Å². The molecule has 1 heterocycles. The number of hydrogen-bond acceptors (Lipinski definition) is 6. The van der Waals surface area contributed by atoms with Crippen molar-refractivity contribution in [2.24, 2.45) is 0 Å². The number of aromatic nitrogens is 2. The van der Waals surface area contributed by atoms with Crippen LogP contribution < -0.4 is 15.4 Å². The van der Waals surface area contributed by atoms with Crippen molar-refractivity contribution in [2.45, 2.75) is 13.0 Å². The van der Waals surface area contributed by atoms with Crippen LogP contribution in [0.15, 0.2) is 103 Å². The van der Waals surface area contributed by atoms with Gasteiger partial charge in [-0.3, -0.25) is 0 Å². The van der Waals surface area contributed by atoms with E-state index in [-0.39, 0.29) is 0 Å². The highest BCUT2D eigenvalue weighted by atomic mass is 16.5. The third-order valence-electron chi connectivity index (χ3n) is 4.71. The molecule has 1 aromatic heterocycles. The lowest BCUT2D eigenvalue weighted by Gasteiger charge is -2.13. The van der Waals surface area contributed by atoms with E-state index in [0.717, 1.165) is 28.4 Å². The summed E-state index contributed by atoms with van der Waals surface area (Å²) in [7, 11) is 0. The van der Waals surface area contributed by atoms with Crippen LogP contribution in [-0.4, -0.2) is 15.1 Å². The van der Waals surface area contributed by atoms with Gasteiger partial charge in [-0.15, -0.1) is 0 Å². The second-order valence-electron chi connectivity index (χ2n) is 7.35. The normalized spacial score (nSPS) is 11.4. The maximum atomic E-state index is 10.2. The van der Waals surface area contributed by atoms with Gasteiger partial charge in [0.05, 0.1) is 6.10 Å². The molecule has 3 N–H and O–H groups in total. The Bertz CT molecular complexity index is 1190. The molecule has 0 saturated carbocycles. The highest BCUT2D eigenvalue weighted by Crippen LogP contribution is 2.26. The minimum absolute atomic E-state index is 0.633. The SMILES string of the molecule is C=C(C)C(O)c1cccc(Nc2cc(Nc3ccc(Oc4ccccc4)cc3)ncn2)c1. The molecule has 0 fully saturated rings. The Balaban J connectivity index is 1.42. The Morgan fingerprint density at radius 1 is 0.812 bits per heavy atom. The molecule has 4 rings (SSSR count). The van der Waals surface area contributed by atoms with Crippen LogP contribution >= 0.6 is 0 Å². The molecule has 1 atom stereocenters. The number of para-hydroxylation sites is 1. The largest absolute Gasteiger partial charge is 0.457 e. The Morgan fingerprint density at radius 2 is 1.47 bits per heavy atom. The summed E-state index contributed by atoms with van der Waals surface area (Å²) >= 11 is 0. The third-order valence-corrected chi connectivity index (χ3v) is 4.71. The smallest absolute Gasteiger partial charge is 0.135 e. The Labute approximate surface area is 187 Å². The maximum absolute atomic E-state index is 10.2. The van der Waals surface area contributed by atoms with Gasteiger partial charge in [0.1, 0.15) is 29.5 Å². The zero-order chi connectivity index (χ0) is 22.3. The molecule has 0 saturated heterocycles. The summed E-state index contributed by atoms with van der Waals surface area (Å²) in [5.41, 5.74) is 3.15. The lowest BCUT2D eigenvalue weighted by atomic mass is 10.0. The average molecular weight is 425 g/mol. The molecule has 32 heavy (non-hydrogen) atoms. The summed E-state index contributed by atoms with van der Waals surface area (Å²) in [4.78, 5) is 8.58. The van der Waals surface area contributed by atoms with E-state index in [0.29, 0.717) is 17.2 Å². The molecule has 0 bridgehead atoms. The standard InChI is InChI=1S/C26H24N4O2/c1-18(2)26(31)19-7-6-8-21(15-19)30-25-16-24(27-17-28-25)29-20-11-13-23(14-12-20)32-22-9-4-3-5-10-22/h3-17,26,31H,1H2,2H3,(H2,27,28,29,30). The quantitative estimate of drug-likeness (QED) is 0.285. The summed E-state index contributed by atoms with van der Waals surface area (Å²) in [6.07, 6.45) is 0.789. The van der Waals surface area contributed by atoms with E-state index in [1.165, 1.54) is 6.33 Å². The first-order valence-corrected chi connectivity index (χ1v) is 10.2. The van der Waals surface area contributed by atoms with Crippen molar-refractivity contribution in [3.8, 4) is 11.5 Å². The summed E-state index contributed by atoms with van der Waals surface area (Å²) in [6, 6.07) is 26.6. The van der Waals surface area contributed by atoms with Crippen LogP contribution in [0.3, 0.4) is 0 Å². The van der Waals surface area contributed by atoms with Crippen molar-refractivity contribution >= 4 is 23.0 Å². The molecule has 0 radical (unpaired) electrons. The Kier molecular flexibility index (Phi) is 6.43. The van der Waals surface area contributed by atoms with Gasteiger partial charge in [0.15, 0.2) is 0 Å². The van der Waals surface area contributed by atoms with Crippen molar-refractivity contribution in [1.82, 2.24) is 9.97 Å². The minimum Gasteiger partial charge on any atom is -0.457 e. The van der Waals surface area contributed by atoms with Gasteiger partial charge >= 0.3 is 0 Å². The van der Waals surface area contributed by atoms with E-state index in [9.17, 15) is 5.11 Å². The molecular weight excluding hydrogens is 400 g/mol. The molecule has 3 aromatic carbocycles. The number of nitrogens with one attached hydrogen (secondary N) is 2.